The van der Waals surface area contributed by atoms with Crippen LogP contribution in [0.4, 0.5) is 0 Å². The van der Waals surface area contributed by atoms with Crippen molar-refractivity contribution in [3.05, 3.63) is 31.9 Å². The SMILES string of the molecule is NC12C[N-]CC[N-]CC(N)(C[N-]CC[N-]C1)C[N-]CC[N-]C2.[Cu]. The molecule has 3 aliphatic heterocycles. The van der Waals surface area contributed by atoms with Crippen molar-refractivity contribution in [3.63, 3.8) is 0 Å². The van der Waals surface area contributed by atoms with E-state index >= 15 is 0 Å². The summed E-state index contributed by atoms with van der Waals surface area (Å²) in [6.07, 6.45) is 0. The smallest absolute Gasteiger partial charge is 0 e. The van der Waals surface area contributed by atoms with Crippen molar-refractivity contribution in [2.75, 3.05) is 78.5 Å². The van der Waals surface area contributed by atoms with Crippen LogP contribution < -0.4 is 11.5 Å². The van der Waals surface area contributed by atoms with Gasteiger partial charge in [0.25, 0.3) is 0 Å². The fourth-order valence-corrected chi connectivity index (χ4v) is 2.53. The standard InChI is InChI=1S/C14H28N8.Cu/c15-13-7-17-1-2-18-8-14(16,11-21-5-3-19-9-13)12-22-6-4-20-10-13;/h1-12,15-16H2;/q-6;. The molecule has 0 aromatic heterocycles. The first kappa shape index (κ1) is 21.2. The minimum atomic E-state index is -0.480. The Bertz CT molecular complexity index is 244. The quantitative estimate of drug-likeness (QED) is 0.604. The number of nitrogens with two attached hydrogens (primary N) is 2. The molecule has 0 atom stereocenters. The first-order chi connectivity index (χ1) is 10.6. The second kappa shape index (κ2) is 10.9. The molecule has 23 heavy (non-hydrogen) atoms. The van der Waals surface area contributed by atoms with Crippen LogP contribution in [-0.2, 0) is 17.1 Å². The molecule has 8 nitrogen and oxygen atoms in total. The molecule has 0 spiro atoms. The van der Waals surface area contributed by atoms with Gasteiger partial charge in [-0.05, 0) is 11.1 Å². The molecule has 4 N–H and O–H groups in total. The molecule has 0 aromatic carbocycles. The summed E-state index contributed by atoms with van der Waals surface area (Å²) < 4.78 is 0. The van der Waals surface area contributed by atoms with Crippen LogP contribution in [0.25, 0.3) is 31.9 Å². The van der Waals surface area contributed by atoms with E-state index in [4.69, 9.17) is 11.5 Å². The van der Waals surface area contributed by atoms with Gasteiger partial charge in [-0.15, -0.1) is 39.3 Å². The van der Waals surface area contributed by atoms with Gasteiger partial charge in [0.1, 0.15) is 0 Å². The molecular weight excluding hydrogens is 344 g/mol. The van der Waals surface area contributed by atoms with Crippen LogP contribution in [-0.4, -0.2) is 89.6 Å². The zero-order valence-electron chi connectivity index (χ0n) is 13.6. The normalized spacial score (nSPS) is 35.7. The van der Waals surface area contributed by atoms with Crippen LogP contribution in [0.3, 0.4) is 0 Å². The van der Waals surface area contributed by atoms with Gasteiger partial charge in [-0.1, -0.05) is 0 Å². The van der Waals surface area contributed by atoms with E-state index in [1.165, 1.54) is 0 Å². The maximum atomic E-state index is 6.43. The van der Waals surface area contributed by atoms with Crippen molar-refractivity contribution < 1.29 is 17.1 Å². The van der Waals surface area contributed by atoms with Crippen molar-refractivity contribution in [2.24, 2.45) is 11.5 Å². The summed E-state index contributed by atoms with van der Waals surface area (Å²) in [5, 5.41) is 27.2. The van der Waals surface area contributed by atoms with E-state index in [9.17, 15) is 0 Å². The third-order valence-corrected chi connectivity index (χ3v) is 3.81. The van der Waals surface area contributed by atoms with Crippen LogP contribution in [0.1, 0.15) is 0 Å². The Labute approximate surface area is 150 Å². The molecule has 3 saturated heterocycles. The van der Waals surface area contributed by atoms with Gasteiger partial charge in [0.2, 0.25) is 0 Å². The number of nitrogens with zero attached hydrogens (tertiary/aromatic N) is 6. The van der Waals surface area contributed by atoms with Gasteiger partial charge < -0.3 is 43.4 Å². The maximum Gasteiger partial charge on any atom is 0 e. The van der Waals surface area contributed by atoms with Gasteiger partial charge >= 0.3 is 0 Å². The van der Waals surface area contributed by atoms with Gasteiger partial charge in [0.15, 0.2) is 0 Å². The largest absolute Gasteiger partial charge is 0.662 e. The average Bonchev–Trinajstić information content (AvgIpc) is 2.49. The number of hydrogen-bond acceptors (Lipinski definition) is 2. The second-order valence-electron chi connectivity index (χ2n) is 6.36. The molecule has 2 bridgehead atoms. The molecule has 3 rings (SSSR count). The summed E-state index contributed by atoms with van der Waals surface area (Å²) in [5.74, 6) is 0. The number of hydrogen-bond donors (Lipinski definition) is 2. The monoisotopic (exact) mass is 371 g/mol. The summed E-state index contributed by atoms with van der Waals surface area (Å²) >= 11 is 0. The van der Waals surface area contributed by atoms with Crippen LogP contribution in [0, 0.1) is 0 Å². The third kappa shape index (κ3) is 8.22. The van der Waals surface area contributed by atoms with Crippen LogP contribution in [0.2, 0.25) is 0 Å². The fraction of sp³-hybridized carbons (Fsp3) is 1.00. The Morgan fingerprint density at radius 3 is 0.783 bits per heavy atom. The molecule has 0 saturated carbocycles. The Kier molecular flexibility index (Phi) is 10.1. The number of fused-ring (bicyclic) bond motifs is 15. The Morgan fingerprint density at radius 2 is 0.609 bits per heavy atom. The molecule has 1 radical (unpaired) electrons. The molecule has 0 amide bonds. The Balaban J connectivity index is 0.00000264. The first-order valence-electron chi connectivity index (χ1n) is 7.99. The van der Waals surface area contributed by atoms with E-state index in [1.54, 1.807) is 0 Å². The van der Waals surface area contributed by atoms with Crippen LogP contribution in [0.5, 0.6) is 0 Å². The third-order valence-electron chi connectivity index (χ3n) is 3.81. The van der Waals surface area contributed by atoms with Crippen LogP contribution >= 0.6 is 0 Å². The van der Waals surface area contributed by atoms with E-state index < -0.39 is 11.1 Å². The van der Waals surface area contributed by atoms with Gasteiger partial charge in [0, 0.05) is 17.1 Å². The van der Waals surface area contributed by atoms with E-state index in [0.29, 0.717) is 78.5 Å². The molecule has 0 aliphatic carbocycles. The van der Waals surface area contributed by atoms with Gasteiger partial charge in [-0.2, -0.15) is 39.3 Å². The molecule has 141 valence electrons. The van der Waals surface area contributed by atoms with Crippen molar-refractivity contribution >= 4 is 0 Å². The minimum Gasteiger partial charge on any atom is -0.662 e. The first-order valence-corrected chi connectivity index (χ1v) is 7.99. The molecular formula is C14H28CuN8-6. The topological polar surface area (TPSA) is 137 Å². The Morgan fingerprint density at radius 1 is 0.435 bits per heavy atom. The van der Waals surface area contributed by atoms with Gasteiger partial charge in [-0.25, -0.2) is 0 Å². The number of rotatable bonds is 0. The Hall–Kier alpha value is 0.199. The maximum absolute atomic E-state index is 6.43. The molecule has 3 aliphatic rings. The predicted octanol–water partition coefficient (Wildman–Crippen LogP) is 0.648. The van der Waals surface area contributed by atoms with Crippen molar-refractivity contribution in [1.29, 1.82) is 0 Å². The van der Waals surface area contributed by atoms with Crippen molar-refractivity contribution in [3.8, 4) is 0 Å². The van der Waals surface area contributed by atoms with Crippen molar-refractivity contribution in [1.82, 2.24) is 0 Å². The molecule has 3 heterocycles. The summed E-state index contributed by atoms with van der Waals surface area (Å²) in [6.45, 7) is 7.42. The predicted molar refractivity (Wildman–Crippen MR) is 92.4 cm³/mol. The summed E-state index contributed by atoms with van der Waals surface area (Å²) in [6, 6.07) is 0. The molecule has 3 fully saturated rings. The fourth-order valence-electron chi connectivity index (χ4n) is 2.53. The molecule has 0 aromatic rings. The zero-order chi connectivity index (χ0) is 15.7. The van der Waals surface area contributed by atoms with Gasteiger partial charge in [-0.3, -0.25) is 0 Å². The molecule has 9 heteroatoms. The minimum absolute atomic E-state index is 0. The van der Waals surface area contributed by atoms with Gasteiger partial charge in [0.05, 0.1) is 0 Å². The second-order valence-corrected chi connectivity index (χ2v) is 6.36. The summed E-state index contributed by atoms with van der Waals surface area (Å²) in [5.41, 5.74) is 11.9. The van der Waals surface area contributed by atoms with Crippen molar-refractivity contribution in [2.45, 2.75) is 11.1 Å². The summed E-state index contributed by atoms with van der Waals surface area (Å²) in [7, 11) is 0. The van der Waals surface area contributed by atoms with E-state index in [0.717, 1.165) is 0 Å². The summed E-state index contributed by atoms with van der Waals surface area (Å²) in [4.78, 5) is 0. The zero-order valence-corrected chi connectivity index (χ0v) is 14.6. The average molecular weight is 372 g/mol. The van der Waals surface area contributed by atoms with Crippen LogP contribution in [0.15, 0.2) is 0 Å². The van der Waals surface area contributed by atoms with E-state index in [2.05, 4.69) is 31.9 Å². The van der Waals surface area contributed by atoms with E-state index in [1.807, 2.05) is 0 Å². The molecule has 0 unspecified atom stereocenters. The van der Waals surface area contributed by atoms with E-state index in [-0.39, 0.29) is 17.1 Å².